The Morgan fingerprint density at radius 3 is 2.52 bits per heavy atom. The third kappa shape index (κ3) is 6.25. The third-order valence-electron chi connectivity index (χ3n) is 2.14. The molecule has 0 spiro atoms. The van der Waals surface area contributed by atoms with Gasteiger partial charge in [-0.2, -0.15) is 13.2 Å². The number of hydrogen-bond acceptors (Lipinski definition) is 4. The first kappa shape index (κ1) is 17.0. The van der Waals surface area contributed by atoms with E-state index in [2.05, 4.69) is 10.6 Å². The van der Waals surface area contributed by atoms with Crippen molar-refractivity contribution in [3.8, 4) is 5.75 Å². The first-order valence-corrected chi connectivity index (χ1v) is 6.49. The summed E-state index contributed by atoms with van der Waals surface area (Å²) in [4.78, 5) is 22.1. The normalized spacial score (nSPS) is 11.0. The van der Waals surface area contributed by atoms with E-state index in [1.807, 2.05) is 0 Å². The molecule has 0 aliphatic heterocycles. The van der Waals surface area contributed by atoms with Crippen molar-refractivity contribution in [3.05, 3.63) is 23.8 Å². The van der Waals surface area contributed by atoms with Gasteiger partial charge in [0, 0.05) is 18.0 Å². The number of aromatic carboxylic acids is 1. The average molecular weight is 324 g/mol. The summed E-state index contributed by atoms with van der Waals surface area (Å²) in [6.07, 6.45) is 0. The molecule has 0 fully saturated rings. The van der Waals surface area contributed by atoms with E-state index in [1.54, 1.807) is 0 Å². The minimum atomic E-state index is -4.36. The maximum absolute atomic E-state index is 11.8. The van der Waals surface area contributed by atoms with Gasteiger partial charge in [-0.1, -0.05) is 0 Å². The highest BCUT2D eigenvalue weighted by molar-refractivity contribution is 8.00. The standard InChI is InChI=1S/C11H11F3N2O4S/c12-11(13,14)21-4-3-15-10(20)16-6-1-2-8(17)7(5-6)9(18)19/h1-2,5,17H,3-4H2,(H,18,19)(H2,15,16,20). The van der Waals surface area contributed by atoms with E-state index in [1.165, 1.54) is 6.07 Å². The summed E-state index contributed by atoms with van der Waals surface area (Å²) in [6.45, 7) is -0.208. The van der Waals surface area contributed by atoms with Crippen molar-refractivity contribution in [1.82, 2.24) is 5.32 Å². The number of carbonyl (C=O) groups excluding carboxylic acids is 1. The number of rotatable bonds is 5. The molecule has 0 unspecified atom stereocenters. The van der Waals surface area contributed by atoms with Gasteiger partial charge >= 0.3 is 17.5 Å². The van der Waals surface area contributed by atoms with E-state index >= 15 is 0 Å². The molecule has 2 amide bonds. The number of aromatic hydroxyl groups is 1. The summed E-state index contributed by atoms with van der Waals surface area (Å²) in [5.74, 6) is -2.18. The Kier molecular flexibility index (Phi) is 5.70. The number of urea groups is 1. The number of alkyl halides is 3. The van der Waals surface area contributed by atoms with Crippen LogP contribution in [0.25, 0.3) is 0 Å². The fraction of sp³-hybridized carbons (Fsp3) is 0.273. The van der Waals surface area contributed by atoms with E-state index in [0.29, 0.717) is 0 Å². The first-order valence-electron chi connectivity index (χ1n) is 5.51. The maximum Gasteiger partial charge on any atom is 0.441 e. The molecule has 1 aromatic carbocycles. The largest absolute Gasteiger partial charge is 0.507 e. The average Bonchev–Trinajstić information content (AvgIpc) is 2.35. The van der Waals surface area contributed by atoms with Crippen LogP contribution in [0.15, 0.2) is 18.2 Å². The predicted molar refractivity (Wildman–Crippen MR) is 70.6 cm³/mol. The molecule has 0 bridgehead atoms. The van der Waals surface area contributed by atoms with E-state index in [-0.39, 0.29) is 29.7 Å². The number of carbonyl (C=O) groups is 2. The van der Waals surface area contributed by atoms with Crippen LogP contribution in [0.1, 0.15) is 10.4 Å². The number of hydrogen-bond donors (Lipinski definition) is 4. The van der Waals surface area contributed by atoms with Crippen molar-refractivity contribution in [3.63, 3.8) is 0 Å². The number of carboxylic acid groups (broad SMARTS) is 1. The van der Waals surface area contributed by atoms with Crippen molar-refractivity contribution in [2.45, 2.75) is 5.51 Å². The SMILES string of the molecule is O=C(NCCSC(F)(F)F)Nc1ccc(O)c(C(=O)O)c1. The van der Waals surface area contributed by atoms with Crippen LogP contribution in [0.4, 0.5) is 23.7 Å². The summed E-state index contributed by atoms with van der Waals surface area (Å²) in [6, 6.07) is 2.59. The molecule has 0 saturated carbocycles. The number of thioether (sulfide) groups is 1. The van der Waals surface area contributed by atoms with Crippen molar-refractivity contribution >= 4 is 29.4 Å². The lowest BCUT2D eigenvalue weighted by Gasteiger charge is -2.09. The number of carboxylic acids is 1. The van der Waals surface area contributed by atoms with Gasteiger partial charge in [0.2, 0.25) is 0 Å². The molecule has 21 heavy (non-hydrogen) atoms. The zero-order valence-electron chi connectivity index (χ0n) is 10.4. The molecule has 0 aliphatic carbocycles. The van der Waals surface area contributed by atoms with E-state index < -0.39 is 28.8 Å². The maximum atomic E-state index is 11.8. The van der Waals surface area contributed by atoms with Crippen LogP contribution in [0.2, 0.25) is 0 Å². The van der Waals surface area contributed by atoms with Gasteiger partial charge in [0.25, 0.3) is 0 Å². The van der Waals surface area contributed by atoms with Gasteiger partial charge in [-0.05, 0) is 30.0 Å². The summed E-state index contributed by atoms with van der Waals surface area (Å²) in [7, 11) is 0. The van der Waals surface area contributed by atoms with E-state index in [4.69, 9.17) is 5.11 Å². The molecule has 0 atom stereocenters. The lowest BCUT2D eigenvalue weighted by molar-refractivity contribution is -0.0327. The van der Waals surface area contributed by atoms with E-state index in [0.717, 1.165) is 12.1 Å². The Balaban J connectivity index is 2.48. The van der Waals surface area contributed by atoms with Crippen molar-refractivity contribution in [2.24, 2.45) is 0 Å². The molecule has 4 N–H and O–H groups in total. The molecular weight excluding hydrogens is 313 g/mol. The first-order chi connectivity index (χ1) is 9.69. The van der Waals surface area contributed by atoms with Gasteiger partial charge in [-0.25, -0.2) is 9.59 Å². The van der Waals surface area contributed by atoms with Crippen LogP contribution < -0.4 is 10.6 Å². The Morgan fingerprint density at radius 2 is 1.95 bits per heavy atom. The molecule has 0 saturated heterocycles. The van der Waals surface area contributed by atoms with Gasteiger partial charge in [-0.15, -0.1) is 0 Å². The molecule has 0 aliphatic rings. The van der Waals surface area contributed by atoms with Crippen LogP contribution in [-0.2, 0) is 0 Å². The number of anilines is 1. The van der Waals surface area contributed by atoms with Gasteiger partial charge in [0.1, 0.15) is 11.3 Å². The van der Waals surface area contributed by atoms with Gasteiger partial charge in [0.15, 0.2) is 0 Å². The number of amides is 2. The number of nitrogens with one attached hydrogen (secondary N) is 2. The van der Waals surface area contributed by atoms with Crippen molar-refractivity contribution < 1.29 is 33.0 Å². The zero-order valence-corrected chi connectivity index (χ0v) is 11.2. The predicted octanol–water partition coefficient (Wildman–Crippen LogP) is 2.46. The highest BCUT2D eigenvalue weighted by Gasteiger charge is 2.27. The molecule has 6 nitrogen and oxygen atoms in total. The molecule has 1 rings (SSSR count). The Bertz CT molecular complexity index is 537. The lowest BCUT2D eigenvalue weighted by atomic mass is 10.2. The van der Waals surface area contributed by atoms with Gasteiger partial charge in [-0.3, -0.25) is 0 Å². The van der Waals surface area contributed by atoms with Crippen LogP contribution >= 0.6 is 11.8 Å². The minimum absolute atomic E-state index is 0.0891. The zero-order chi connectivity index (χ0) is 16.0. The summed E-state index contributed by atoms with van der Waals surface area (Å²) < 4.78 is 35.5. The topological polar surface area (TPSA) is 98.7 Å². The molecule has 1 aromatic rings. The Hall–Kier alpha value is -2.10. The Morgan fingerprint density at radius 1 is 1.29 bits per heavy atom. The summed E-state index contributed by atoms with van der Waals surface area (Å²) in [5.41, 5.74) is -4.67. The van der Waals surface area contributed by atoms with Crippen LogP contribution in [0, 0.1) is 0 Å². The highest BCUT2D eigenvalue weighted by atomic mass is 32.2. The third-order valence-corrected chi connectivity index (χ3v) is 2.87. The Labute approximate surface area is 121 Å². The number of phenols is 1. The fourth-order valence-corrected chi connectivity index (χ4v) is 1.73. The quantitative estimate of drug-likeness (QED) is 0.493. The summed E-state index contributed by atoms with van der Waals surface area (Å²) in [5, 5.41) is 22.5. The molecule has 0 heterocycles. The van der Waals surface area contributed by atoms with Crippen molar-refractivity contribution in [2.75, 3.05) is 17.6 Å². The lowest BCUT2D eigenvalue weighted by Crippen LogP contribution is -2.31. The number of benzene rings is 1. The second kappa shape index (κ2) is 7.07. The fourth-order valence-electron chi connectivity index (χ4n) is 1.29. The molecule has 0 aromatic heterocycles. The van der Waals surface area contributed by atoms with Crippen molar-refractivity contribution in [1.29, 1.82) is 0 Å². The van der Waals surface area contributed by atoms with Crippen LogP contribution in [0.5, 0.6) is 5.75 Å². The van der Waals surface area contributed by atoms with Crippen LogP contribution in [-0.4, -0.2) is 40.0 Å². The van der Waals surface area contributed by atoms with Gasteiger partial charge in [0.05, 0.1) is 0 Å². The second-order valence-electron chi connectivity index (χ2n) is 3.71. The monoisotopic (exact) mass is 324 g/mol. The van der Waals surface area contributed by atoms with Crippen LogP contribution in [0.3, 0.4) is 0 Å². The summed E-state index contributed by atoms with van der Waals surface area (Å²) >= 11 is -0.263. The van der Waals surface area contributed by atoms with E-state index in [9.17, 15) is 27.9 Å². The van der Waals surface area contributed by atoms with Gasteiger partial charge < -0.3 is 20.8 Å². The molecule has 10 heteroatoms. The minimum Gasteiger partial charge on any atom is -0.507 e. The number of halogens is 3. The molecule has 0 radical (unpaired) electrons. The molecule has 116 valence electrons. The molecular formula is C11H11F3N2O4S. The highest BCUT2D eigenvalue weighted by Crippen LogP contribution is 2.29. The smallest absolute Gasteiger partial charge is 0.441 e. The second-order valence-corrected chi connectivity index (χ2v) is 4.87.